The molecule has 20 heavy (non-hydrogen) atoms. The smallest absolute Gasteiger partial charge is 0.358 e. The van der Waals surface area contributed by atoms with Gasteiger partial charge in [0.1, 0.15) is 0 Å². The standard InChI is InChI=1S/C13H20N4O3/c18-12(10-5-3-1-2-4-6-10)14-7-8-17-9-11(13(19)20)15-16-17/h9-10H,1-8H2,(H,14,18)(H,19,20). The Balaban J connectivity index is 1.74. The maximum atomic E-state index is 12.0. The number of amides is 1. The van der Waals surface area contributed by atoms with E-state index in [0.29, 0.717) is 13.1 Å². The number of rotatable bonds is 5. The Morgan fingerprint density at radius 2 is 2.00 bits per heavy atom. The van der Waals surface area contributed by atoms with E-state index >= 15 is 0 Å². The van der Waals surface area contributed by atoms with Gasteiger partial charge in [-0.1, -0.05) is 30.9 Å². The molecule has 1 aliphatic carbocycles. The molecule has 0 bridgehead atoms. The third kappa shape index (κ3) is 4.04. The van der Waals surface area contributed by atoms with Crippen molar-refractivity contribution >= 4 is 11.9 Å². The maximum Gasteiger partial charge on any atom is 0.358 e. The highest BCUT2D eigenvalue weighted by Crippen LogP contribution is 2.22. The largest absolute Gasteiger partial charge is 0.476 e. The van der Waals surface area contributed by atoms with E-state index in [-0.39, 0.29) is 17.5 Å². The zero-order valence-corrected chi connectivity index (χ0v) is 11.4. The van der Waals surface area contributed by atoms with Crippen LogP contribution < -0.4 is 5.32 Å². The van der Waals surface area contributed by atoms with Crippen LogP contribution in [0.15, 0.2) is 6.20 Å². The van der Waals surface area contributed by atoms with Crippen LogP contribution >= 0.6 is 0 Å². The third-order valence-electron chi connectivity index (χ3n) is 3.62. The van der Waals surface area contributed by atoms with Gasteiger partial charge in [0.2, 0.25) is 5.91 Å². The summed E-state index contributed by atoms with van der Waals surface area (Å²) >= 11 is 0. The zero-order valence-electron chi connectivity index (χ0n) is 11.4. The molecular weight excluding hydrogens is 260 g/mol. The topological polar surface area (TPSA) is 97.1 Å². The van der Waals surface area contributed by atoms with Gasteiger partial charge in [-0.15, -0.1) is 5.10 Å². The summed E-state index contributed by atoms with van der Waals surface area (Å²) in [6.45, 7) is 0.872. The Hall–Kier alpha value is -1.92. The second-order valence-electron chi connectivity index (χ2n) is 5.15. The molecule has 1 saturated carbocycles. The van der Waals surface area contributed by atoms with Crippen LogP contribution in [-0.2, 0) is 11.3 Å². The number of aromatic carboxylic acids is 1. The molecule has 1 aromatic heterocycles. The van der Waals surface area contributed by atoms with Crippen molar-refractivity contribution < 1.29 is 14.7 Å². The van der Waals surface area contributed by atoms with Crippen LogP contribution in [-0.4, -0.2) is 38.5 Å². The van der Waals surface area contributed by atoms with Gasteiger partial charge in [0.05, 0.1) is 12.7 Å². The van der Waals surface area contributed by atoms with Crippen LogP contribution in [0.5, 0.6) is 0 Å². The molecule has 0 saturated heterocycles. The van der Waals surface area contributed by atoms with Gasteiger partial charge in [-0.05, 0) is 12.8 Å². The van der Waals surface area contributed by atoms with Crippen molar-refractivity contribution in [2.45, 2.75) is 45.1 Å². The third-order valence-corrected chi connectivity index (χ3v) is 3.62. The molecule has 1 heterocycles. The highest BCUT2D eigenvalue weighted by Gasteiger charge is 2.19. The van der Waals surface area contributed by atoms with Crippen molar-refractivity contribution in [3.63, 3.8) is 0 Å². The highest BCUT2D eigenvalue weighted by atomic mass is 16.4. The molecule has 0 radical (unpaired) electrons. The van der Waals surface area contributed by atoms with E-state index < -0.39 is 5.97 Å². The van der Waals surface area contributed by atoms with Crippen molar-refractivity contribution in [1.29, 1.82) is 0 Å². The number of nitrogens with one attached hydrogen (secondary N) is 1. The van der Waals surface area contributed by atoms with Crippen LogP contribution in [0.3, 0.4) is 0 Å². The van der Waals surface area contributed by atoms with Crippen LogP contribution in [0, 0.1) is 5.92 Å². The molecule has 110 valence electrons. The first kappa shape index (κ1) is 14.5. The van der Waals surface area contributed by atoms with E-state index in [1.165, 1.54) is 23.7 Å². The molecule has 0 atom stereocenters. The molecular formula is C13H20N4O3. The molecule has 1 aromatic rings. The lowest BCUT2D eigenvalue weighted by Crippen LogP contribution is -2.33. The molecule has 0 unspecified atom stereocenters. The first-order valence-corrected chi connectivity index (χ1v) is 7.08. The summed E-state index contributed by atoms with van der Waals surface area (Å²) in [6.07, 6.45) is 8.00. The Labute approximate surface area is 117 Å². The lowest BCUT2D eigenvalue weighted by molar-refractivity contribution is -0.125. The van der Waals surface area contributed by atoms with Gasteiger partial charge in [-0.2, -0.15) is 0 Å². The SMILES string of the molecule is O=C(O)c1cn(CCNC(=O)C2CCCCCC2)nn1. The number of nitrogens with zero attached hydrogens (tertiary/aromatic N) is 3. The predicted octanol–water partition coefficient (Wildman–Crippen LogP) is 1.06. The van der Waals surface area contributed by atoms with Crippen molar-refractivity contribution in [3.8, 4) is 0 Å². The number of carboxylic acids is 1. The van der Waals surface area contributed by atoms with E-state index in [1.54, 1.807) is 0 Å². The zero-order chi connectivity index (χ0) is 14.4. The summed E-state index contributed by atoms with van der Waals surface area (Å²) in [7, 11) is 0. The summed E-state index contributed by atoms with van der Waals surface area (Å²) in [5.74, 6) is -0.868. The number of carbonyl (C=O) groups excluding carboxylic acids is 1. The van der Waals surface area contributed by atoms with Gasteiger partial charge in [-0.25, -0.2) is 9.48 Å². The minimum Gasteiger partial charge on any atom is -0.476 e. The summed E-state index contributed by atoms with van der Waals surface area (Å²) in [4.78, 5) is 22.7. The van der Waals surface area contributed by atoms with Gasteiger partial charge >= 0.3 is 5.97 Å². The van der Waals surface area contributed by atoms with E-state index in [2.05, 4.69) is 15.6 Å². The molecule has 2 rings (SSSR count). The van der Waals surface area contributed by atoms with E-state index in [0.717, 1.165) is 25.7 Å². The maximum absolute atomic E-state index is 12.0. The predicted molar refractivity (Wildman–Crippen MR) is 71.2 cm³/mol. The Morgan fingerprint density at radius 3 is 2.60 bits per heavy atom. The van der Waals surface area contributed by atoms with Gasteiger partial charge in [-0.3, -0.25) is 4.79 Å². The number of carboxylic acid groups (broad SMARTS) is 1. The second kappa shape index (κ2) is 7.02. The quantitative estimate of drug-likeness (QED) is 0.786. The number of hydrogen-bond acceptors (Lipinski definition) is 4. The number of carbonyl (C=O) groups is 2. The number of hydrogen-bond donors (Lipinski definition) is 2. The van der Waals surface area contributed by atoms with E-state index in [4.69, 9.17) is 5.11 Å². The Morgan fingerprint density at radius 1 is 1.30 bits per heavy atom. The second-order valence-corrected chi connectivity index (χ2v) is 5.15. The van der Waals surface area contributed by atoms with Gasteiger partial charge in [0.15, 0.2) is 5.69 Å². The minimum atomic E-state index is -1.10. The average Bonchev–Trinajstić information content (AvgIpc) is 2.73. The van der Waals surface area contributed by atoms with Crippen LogP contribution in [0.2, 0.25) is 0 Å². The first-order chi connectivity index (χ1) is 9.66. The molecule has 7 nitrogen and oxygen atoms in total. The fraction of sp³-hybridized carbons (Fsp3) is 0.692. The van der Waals surface area contributed by atoms with Crippen LogP contribution in [0.1, 0.15) is 49.0 Å². The summed E-state index contributed by atoms with van der Waals surface area (Å²) in [5.41, 5.74) is -0.0832. The van der Waals surface area contributed by atoms with Crippen molar-refractivity contribution in [2.24, 2.45) is 5.92 Å². The molecule has 0 aliphatic heterocycles. The lowest BCUT2D eigenvalue weighted by Gasteiger charge is -2.13. The molecule has 1 amide bonds. The molecule has 1 aliphatic rings. The molecule has 7 heteroatoms. The van der Waals surface area contributed by atoms with Crippen LogP contribution in [0.25, 0.3) is 0 Å². The van der Waals surface area contributed by atoms with E-state index in [1.807, 2.05) is 0 Å². The summed E-state index contributed by atoms with van der Waals surface area (Å²) in [6, 6.07) is 0. The fourth-order valence-corrected chi connectivity index (χ4v) is 2.49. The lowest BCUT2D eigenvalue weighted by atomic mass is 9.99. The van der Waals surface area contributed by atoms with Crippen LogP contribution in [0.4, 0.5) is 0 Å². The monoisotopic (exact) mass is 280 g/mol. The molecule has 2 N–H and O–H groups in total. The molecule has 0 spiro atoms. The normalized spacial score (nSPS) is 16.6. The molecule has 1 fully saturated rings. The molecule has 0 aromatic carbocycles. The van der Waals surface area contributed by atoms with Crippen molar-refractivity contribution in [1.82, 2.24) is 20.3 Å². The van der Waals surface area contributed by atoms with Crippen molar-refractivity contribution in [3.05, 3.63) is 11.9 Å². The van der Waals surface area contributed by atoms with Gasteiger partial charge in [0.25, 0.3) is 0 Å². The first-order valence-electron chi connectivity index (χ1n) is 7.08. The number of aromatic nitrogens is 3. The summed E-state index contributed by atoms with van der Waals surface area (Å²) in [5, 5.41) is 18.8. The summed E-state index contributed by atoms with van der Waals surface area (Å²) < 4.78 is 1.43. The highest BCUT2D eigenvalue weighted by molar-refractivity contribution is 5.84. The Kier molecular flexibility index (Phi) is 5.09. The Bertz CT molecular complexity index is 464. The fourth-order valence-electron chi connectivity index (χ4n) is 2.49. The van der Waals surface area contributed by atoms with E-state index in [9.17, 15) is 9.59 Å². The average molecular weight is 280 g/mol. The van der Waals surface area contributed by atoms with Crippen molar-refractivity contribution in [2.75, 3.05) is 6.54 Å². The minimum absolute atomic E-state index is 0.0832. The van der Waals surface area contributed by atoms with Gasteiger partial charge in [0, 0.05) is 12.5 Å². The van der Waals surface area contributed by atoms with Gasteiger partial charge < -0.3 is 10.4 Å².